The van der Waals surface area contributed by atoms with Crippen LogP contribution in [0.2, 0.25) is 5.02 Å². The summed E-state index contributed by atoms with van der Waals surface area (Å²) in [5.74, 6) is 2.65. The molecule has 0 radical (unpaired) electrons. The quantitative estimate of drug-likeness (QED) is 0.681. The molecule has 0 N–H and O–H groups in total. The monoisotopic (exact) mass is 375 g/mol. The molecule has 1 aliphatic rings. The molecule has 1 aromatic carbocycles. The Morgan fingerprint density at radius 1 is 1.41 bits per heavy atom. The van der Waals surface area contributed by atoms with Crippen LogP contribution >= 0.6 is 43.5 Å². The average molecular weight is 377 g/mol. The Morgan fingerprint density at radius 2 is 2.00 bits per heavy atom. The number of anilines is 1. The topological polar surface area (TPSA) is 20.3 Å². The lowest BCUT2D eigenvalue weighted by atomic mass is 10.1. The second-order valence-electron chi connectivity index (χ2n) is 3.79. The summed E-state index contributed by atoms with van der Waals surface area (Å²) in [4.78, 5) is 13.6. The summed E-state index contributed by atoms with van der Waals surface area (Å²) in [6, 6.07) is 3.52. The van der Waals surface area contributed by atoms with E-state index in [2.05, 4.69) is 37.8 Å². The number of carbonyl (C=O) groups excluding carboxylic acids is 1. The van der Waals surface area contributed by atoms with E-state index < -0.39 is 0 Å². The van der Waals surface area contributed by atoms with E-state index in [1.54, 1.807) is 17.0 Å². The summed E-state index contributed by atoms with van der Waals surface area (Å²) in [5, 5.41) is 0.604. The minimum atomic E-state index is -0.0167. The van der Waals surface area contributed by atoms with Crippen LogP contribution < -0.4 is 4.90 Å². The molecular weight excluding hydrogens is 369 g/mol. The van der Waals surface area contributed by atoms with Crippen molar-refractivity contribution in [1.82, 2.24) is 0 Å². The summed E-state index contributed by atoms with van der Waals surface area (Å²) in [6.07, 6.45) is 5.76. The van der Waals surface area contributed by atoms with Crippen molar-refractivity contribution in [3.63, 3.8) is 0 Å². The first kappa shape index (κ1) is 12.9. The first-order valence-corrected chi connectivity index (χ1v) is 6.90. The van der Waals surface area contributed by atoms with Gasteiger partial charge in [-0.2, -0.15) is 0 Å². The molecule has 1 atom stereocenters. The number of carbonyl (C=O) groups is 1. The van der Waals surface area contributed by atoms with Crippen LogP contribution in [0.4, 0.5) is 5.69 Å². The molecule has 1 amide bonds. The summed E-state index contributed by atoms with van der Waals surface area (Å²) in [5.41, 5.74) is 0.789. The zero-order valence-electron chi connectivity index (χ0n) is 8.71. The Hall–Kier alpha value is -0.500. The van der Waals surface area contributed by atoms with Crippen molar-refractivity contribution in [2.24, 2.45) is 5.92 Å². The first-order valence-electron chi connectivity index (χ1n) is 4.94. The van der Waals surface area contributed by atoms with Crippen molar-refractivity contribution < 1.29 is 4.79 Å². The van der Waals surface area contributed by atoms with Crippen LogP contribution in [0, 0.1) is 18.3 Å². The van der Waals surface area contributed by atoms with E-state index in [9.17, 15) is 4.79 Å². The number of hydrogen-bond donors (Lipinski definition) is 0. The Morgan fingerprint density at radius 3 is 2.47 bits per heavy atom. The fourth-order valence-electron chi connectivity index (χ4n) is 1.83. The van der Waals surface area contributed by atoms with Gasteiger partial charge in [0.25, 0.3) is 0 Å². The molecular formula is C12H8Br2ClNO. The molecule has 1 fully saturated rings. The molecule has 0 aromatic heterocycles. The number of terminal acetylenes is 1. The third kappa shape index (κ3) is 2.52. The molecule has 0 bridgehead atoms. The van der Waals surface area contributed by atoms with E-state index in [1.807, 2.05) is 0 Å². The number of benzene rings is 1. The SMILES string of the molecule is C#CC1CC(=O)N(c2c(Br)cc(Cl)cc2Br)C1. The summed E-state index contributed by atoms with van der Waals surface area (Å²) < 4.78 is 1.56. The number of nitrogens with zero attached hydrogens (tertiary/aromatic N) is 1. The minimum absolute atomic E-state index is 0.0167. The molecule has 1 heterocycles. The smallest absolute Gasteiger partial charge is 0.228 e. The Balaban J connectivity index is 2.42. The molecule has 17 heavy (non-hydrogen) atoms. The predicted octanol–water partition coefficient (Wildman–Crippen LogP) is 3.85. The summed E-state index contributed by atoms with van der Waals surface area (Å²) in [7, 11) is 0. The maximum Gasteiger partial charge on any atom is 0.228 e. The second kappa shape index (κ2) is 5.01. The zero-order valence-corrected chi connectivity index (χ0v) is 12.6. The highest BCUT2D eigenvalue weighted by molar-refractivity contribution is 9.11. The second-order valence-corrected chi connectivity index (χ2v) is 5.94. The van der Waals surface area contributed by atoms with Crippen LogP contribution in [-0.4, -0.2) is 12.5 Å². The Kier molecular flexibility index (Phi) is 3.82. The van der Waals surface area contributed by atoms with Gasteiger partial charge in [-0.15, -0.1) is 12.3 Å². The van der Waals surface area contributed by atoms with Crippen LogP contribution in [0.25, 0.3) is 0 Å². The van der Waals surface area contributed by atoms with Gasteiger partial charge < -0.3 is 4.90 Å². The largest absolute Gasteiger partial charge is 0.309 e. The Labute approximate surface area is 122 Å². The van der Waals surface area contributed by atoms with Crippen LogP contribution in [0.5, 0.6) is 0 Å². The van der Waals surface area contributed by atoms with Crippen LogP contribution in [0.1, 0.15) is 6.42 Å². The number of amides is 1. The first-order chi connectivity index (χ1) is 8.02. The number of hydrogen-bond acceptors (Lipinski definition) is 1. The lowest BCUT2D eigenvalue weighted by Gasteiger charge is -2.19. The maximum absolute atomic E-state index is 11.9. The number of halogens is 3. The maximum atomic E-state index is 11.9. The molecule has 1 aliphatic heterocycles. The molecule has 0 spiro atoms. The van der Waals surface area contributed by atoms with Gasteiger partial charge in [0, 0.05) is 32.9 Å². The Bertz CT molecular complexity index is 501. The van der Waals surface area contributed by atoms with E-state index in [0.29, 0.717) is 18.0 Å². The molecule has 1 aromatic rings. The summed E-state index contributed by atoms with van der Waals surface area (Å²) >= 11 is 12.8. The van der Waals surface area contributed by atoms with Crippen molar-refractivity contribution >= 4 is 55.1 Å². The molecule has 2 nitrogen and oxygen atoms in total. The van der Waals surface area contributed by atoms with E-state index in [1.165, 1.54) is 0 Å². The molecule has 1 unspecified atom stereocenters. The fraction of sp³-hybridized carbons (Fsp3) is 0.250. The minimum Gasteiger partial charge on any atom is -0.309 e. The van der Waals surface area contributed by atoms with Gasteiger partial charge >= 0.3 is 0 Å². The van der Waals surface area contributed by atoms with Crippen molar-refractivity contribution in [1.29, 1.82) is 0 Å². The highest BCUT2D eigenvalue weighted by Crippen LogP contribution is 2.39. The predicted molar refractivity (Wildman–Crippen MR) is 76.1 cm³/mol. The van der Waals surface area contributed by atoms with Gasteiger partial charge in [-0.05, 0) is 44.0 Å². The van der Waals surface area contributed by atoms with Crippen molar-refractivity contribution in [2.45, 2.75) is 6.42 Å². The third-order valence-corrected chi connectivity index (χ3v) is 4.04. The standard InChI is InChI=1S/C12H8Br2ClNO/c1-2-7-3-11(17)16(6-7)12-9(13)4-8(15)5-10(12)14/h1,4-5,7H,3,6H2. The van der Waals surface area contributed by atoms with E-state index in [-0.39, 0.29) is 11.8 Å². The lowest BCUT2D eigenvalue weighted by Crippen LogP contribution is -2.25. The molecule has 1 saturated heterocycles. The fourth-order valence-corrected chi connectivity index (χ4v) is 3.92. The highest BCUT2D eigenvalue weighted by atomic mass is 79.9. The van der Waals surface area contributed by atoms with Gasteiger partial charge in [-0.1, -0.05) is 11.6 Å². The molecule has 0 saturated carbocycles. The van der Waals surface area contributed by atoms with Crippen LogP contribution in [-0.2, 0) is 4.79 Å². The normalized spacial score (nSPS) is 19.5. The van der Waals surface area contributed by atoms with Crippen molar-refractivity contribution in [3.8, 4) is 12.3 Å². The van der Waals surface area contributed by atoms with Crippen molar-refractivity contribution in [2.75, 3.05) is 11.4 Å². The van der Waals surface area contributed by atoms with E-state index >= 15 is 0 Å². The van der Waals surface area contributed by atoms with Gasteiger partial charge in [-0.3, -0.25) is 4.79 Å². The highest BCUT2D eigenvalue weighted by Gasteiger charge is 2.31. The van der Waals surface area contributed by atoms with E-state index in [4.69, 9.17) is 18.0 Å². The molecule has 2 rings (SSSR count). The molecule has 0 aliphatic carbocycles. The van der Waals surface area contributed by atoms with E-state index in [0.717, 1.165) is 14.6 Å². The van der Waals surface area contributed by atoms with Gasteiger partial charge in [0.2, 0.25) is 5.91 Å². The van der Waals surface area contributed by atoms with Crippen molar-refractivity contribution in [3.05, 3.63) is 26.1 Å². The van der Waals surface area contributed by atoms with Gasteiger partial charge in [0.1, 0.15) is 0 Å². The van der Waals surface area contributed by atoms with Gasteiger partial charge in [-0.25, -0.2) is 0 Å². The molecule has 5 heteroatoms. The summed E-state index contributed by atoms with van der Waals surface area (Å²) in [6.45, 7) is 0.550. The van der Waals surface area contributed by atoms with Crippen LogP contribution in [0.3, 0.4) is 0 Å². The van der Waals surface area contributed by atoms with Crippen LogP contribution in [0.15, 0.2) is 21.1 Å². The average Bonchev–Trinajstić information content (AvgIpc) is 2.59. The van der Waals surface area contributed by atoms with Gasteiger partial charge in [0.05, 0.1) is 5.69 Å². The lowest BCUT2D eigenvalue weighted by molar-refractivity contribution is -0.117. The molecule has 88 valence electrons. The van der Waals surface area contributed by atoms with Gasteiger partial charge in [0.15, 0.2) is 0 Å². The number of rotatable bonds is 1. The zero-order chi connectivity index (χ0) is 12.6. The third-order valence-electron chi connectivity index (χ3n) is 2.61.